The van der Waals surface area contributed by atoms with Crippen molar-refractivity contribution in [2.24, 2.45) is 0 Å². The summed E-state index contributed by atoms with van der Waals surface area (Å²) in [5.41, 5.74) is 0. The van der Waals surface area contributed by atoms with Gasteiger partial charge in [0.05, 0.1) is 40.3 Å². The van der Waals surface area contributed by atoms with Gasteiger partial charge in [0, 0.05) is 19.3 Å². The maximum Gasteiger partial charge on any atom is 0.306 e. The quantitative estimate of drug-likeness (QED) is 0.0260. The number of ether oxygens (including phenoxy) is 3. The molecule has 0 fully saturated rings. The minimum Gasteiger partial charge on any atom is -0.544 e. The van der Waals surface area contributed by atoms with Gasteiger partial charge >= 0.3 is 11.9 Å². The van der Waals surface area contributed by atoms with Gasteiger partial charge in [-0.3, -0.25) is 9.59 Å². The third kappa shape index (κ3) is 44.9. The number of carboxylic acid groups (broad SMARTS) is 1. The molecule has 0 N–H and O–H groups in total. The maximum absolute atomic E-state index is 12.8. The number of allylic oxidation sites excluding steroid dienone is 20. The van der Waals surface area contributed by atoms with Gasteiger partial charge in [-0.1, -0.05) is 174 Å². The molecule has 0 spiro atoms. The van der Waals surface area contributed by atoms with Crippen molar-refractivity contribution in [1.29, 1.82) is 0 Å². The fourth-order valence-electron chi connectivity index (χ4n) is 6.71. The predicted molar refractivity (Wildman–Crippen MR) is 277 cm³/mol. The van der Waals surface area contributed by atoms with Gasteiger partial charge in [-0.25, -0.2) is 0 Å². The van der Waals surface area contributed by atoms with Gasteiger partial charge in [0.2, 0.25) is 0 Å². The van der Waals surface area contributed by atoms with E-state index in [4.69, 9.17) is 14.2 Å². The highest BCUT2D eigenvalue weighted by molar-refractivity contribution is 5.70. The Morgan fingerprint density at radius 1 is 0.455 bits per heavy atom. The molecule has 0 aliphatic carbocycles. The number of nitrogens with zero attached hydrogens (tertiary/aromatic N) is 1. The van der Waals surface area contributed by atoms with Crippen LogP contribution in [0.15, 0.2) is 122 Å². The highest BCUT2D eigenvalue weighted by Gasteiger charge is 2.25. The Bertz CT molecular complexity index is 1490. The first-order chi connectivity index (χ1) is 32.1. The summed E-state index contributed by atoms with van der Waals surface area (Å²) in [6, 6.07) is -0.742. The standard InChI is InChI=1S/C58H93NO7/c1-6-8-10-12-14-16-18-20-22-24-26-27-28-29-31-33-35-37-39-41-43-45-47-49-57(61)66-54(52-64-51-50-55(58(62)63)59(3,4)5)53-65-56(60)48-46-44-42-40-38-36-34-32-30-25-23-21-19-17-15-13-11-9-7-2/h8-11,14-17,20-23,26-27,29-32,36,38,54-55H,6-7,12-13,18-19,24-25,28,33-35,37,39-53H2,1-5H3/b10-8+,11-9+,16-14+,17-15+,22-20+,23-21+,27-26+,31-29+,32-30+,38-36+. The molecule has 0 bridgehead atoms. The fourth-order valence-corrected chi connectivity index (χ4v) is 6.71. The third-order valence-corrected chi connectivity index (χ3v) is 10.6. The van der Waals surface area contributed by atoms with Gasteiger partial charge in [0.25, 0.3) is 0 Å². The molecule has 8 heteroatoms. The molecule has 0 aromatic carbocycles. The number of aliphatic carboxylic acids is 1. The molecule has 0 aromatic heterocycles. The van der Waals surface area contributed by atoms with Crippen LogP contribution in [0.25, 0.3) is 0 Å². The Morgan fingerprint density at radius 3 is 1.20 bits per heavy atom. The highest BCUT2D eigenvalue weighted by atomic mass is 16.6. The van der Waals surface area contributed by atoms with Crippen molar-refractivity contribution in [1.82, 2.24) is 0 Å². The Kier molecular flexibility index (Phi) is 44.2. The molecule has 0 aliphatic heterocycles. The van der Waals surface area contributed by atoms with Crippen molar-refractivity contribution in [2.75, 3.05) is 41.0 Å². The lowest BCUT2D eigenvalue weighted by molar-refractivity contribution is -0.889. The molecule has 0 radical (unpaired) electrons. The minimum absolute atomic E-state index is 0.0167. The number of hydrogen-bond donors (Lipinski definition) is 0. The van der Waals surface area contributed by atoms with Crippen LogP contribution < -0.4 is 5.11 Å². The van der Waals surface area contributed by atoms with Crippen LogP contribution >= 0.6 is 0 Å². The van der Waals surface area contributed by atoms with Gasteiger partial charge in [-0.2, -0.15) is 0 Å². The lowest BCUT2D eigenvalue weighted by Crippen LogP contribution is -2.55. The molecule has 0 saturated heterocycles. The Morgan fingerprint density at radius 2 is 0.803 bits per heavy atom. The minimum atomic E-state index is -1.14. The summed E-state index contributed by atoms with van der Waals surface area (Å²) >= 11 is 0. The van der Waals surface area contributed by atoms with Gasteiger partial charge in [-0.05, 0) is 103 Å². The van der Waals surface area contributed by atoms with E-state index in [1.165, 1.54) is 19.3 Å². The van der Waals surface area contributed by atoms with E-state index >= 15 is 0 Å². The lowest BCUT2D eigenvalue weighted by atomic mass is 10.1. The summed E-state index contributed by atoms with van der Waals surface area (Å²) in [5.74, 6) is -1.81. The molecule has 0 heterocycles. The topological polar surface area (TPSA) is 102 Å². The number of unbranched alkanes of at least 4 members (excludes halogenated alkanes) is 10. The molecule has 2 atom stereocenters. The zero-order valence-corrected chi connectivity index (χ0v) is 42.3. The van der Waals surface area contributed by atoms with Gasteiger partial charge in [-0.15, -0.1) is 0 Å². The van der Waals surface area contributed by atoms with Crippen LogP contribution in [0, 0.1) is 0 Å². The van der Waals surface area contributed by atoms with E-state index in [9.17, 15) is 19.5 Å². The second-order valence-corrected chi connectivity index (χ2v) is 17.6. The molecule has 2 unspecified atom stereocenters. The van der Waals surface area contributed by atoms with Crippen LogP contribution in [0.4, 0.5) is 0 Å². The number of esters is 2. The number of carboxylic acids is 1. The number of likely N-dealkylation sites (N-methyl/N-ethyl adjacent to an activating group) is 1. The van der Waals surface area contributed by atoms with Crippen molar-refractivity contribution in [2.45, 2.75) is 187 Å². The van der Waals surface area contributed by atoms with E-state index in [2.05, 4.69) is 135 Å². The largest absolute Gasteiger partial charge is 0.544 e. The van der Waals surface area contributed by atoms with E-state index in [0.717, 1.165) is 122 Å². The van der Waals surface area contributed by atoms with E-state index < -0.39 is 18.1 Å². The number of carbonyl (C=O) groups is 3. The molecular weight excluding hydrogens is 823 g/mol. The van der Waals surface area contributed by atoms with E-state index in [0.29, 0.717) is 12.8 Å². The van der Waals surface area contributed by atoms with E-state index in [-0.39, 0.29) is 42.7 Å². The highest BCUT2D eigenvalue weighted by Crippen LogP contribution is 2.13. The summed E-state index contributed by atoms with van der Waals surface area (Å²) in [4.78, 5) is 37.1. The van der Waals surface area contributed by atoms with Crippen molar-refractivity contribution < 1.29 is 38.2 Å². The summed E-state index contributed by atoms with van der Waals surface area (Å²) < 4.78 is 17.2. The molecule has 8 nitrogen and oxygen atoms in total. The molecule has 372 valence electrons. The monoisotopic (exact) mass is 916 g/mol. The van der Waals surface area contributed by atoms with Gasteiger partial charge < -0.3 is 28.6 Å². The smallest absolute Gasteiger partial charge is 0.306 e. The molecule has 0 saturated carbocycles. The van der Waals surface area contributed by atoms with Crippen LogP contribution in [-0.4, -0.2) is 75.5 Å². The number of carbonyl (C=O) groups excluding carboxylic acids is 3. The predicted octanol–water partition coefficient (Wildman–Crippen LogP) is 13.6. The Balaban J connectivity index is 4.36. The maximum atomic E-state index is 12.8. The van der Waals surface area contributed by atoms with E-state index in [1.54, 1.807) is 21.1 Å². The summed E-state index contributed by atoms with van der Waals surface area (Å²) in [5, 5.41) is 11.7. The van der Waals surface area contributed by atoms with Crippen LogP contribution in [0.1, 0.15) is 174 Å². The van der Waals surface area contributed by atoms with Crippen LogP contribution in [-0.2, 0) is 28.6 Å². The van der Waals surface area contributed by atoms with Crippen LogP contribution in [0.3, 0.4) is 0 Å². The summed E-state index contributed by atoms with van der Waals surface area (Å²) in [7, 11) is 5.39. The van der Waals surface area contributed by atoms with Gasteiger partial charge in [0.15, 0.2) is 6.10 Å². The number of hydrogen-bond acceptors (Lipinski definition) is 7. The van der Waals surface area contributed by atoms with Crippen LogP contribution in [0.2, 0.25) is 0 Å². The van der Waals surface area contributed by atoms with Crippen LogP contribution in [0.5, 0.6) is 0 Å². The average molecular weight is 916 g/mol. The second-order valence-electron chi connectivity index (χ2n) is 17.6. The zero-order valence-electron chi connectivity index (χ0n) is 42.3. The molecule has 0 amide bonds. The first-order valence-electron chi connectivity index (χ1n) is 25.6. The van der Waals surface area contributed by atoms with E-state index in [1.807, 2.05) is 0 Å². The molecular formula is C58H93NO7. The van der Waals surface area contributed by atoms with Gasteiger partial charge in [0.1, 0.15) is 12.6 Å². The van der Waals surface area contributed by atoms with Crippen molar-refractivity contribution in [3.05, 3.63) is 122 Å². The molecule has 0 aliphatic rings. The third-order valence-electron chi connectivity index (χ3n) is 10.6. The molecule has 66 heavy (non-hydrogen) atoms. The molecule has 0 aromatic rings. The normalized spacial score (nSPS) is 13.9. The van der Waals surface area contributed by atoms with Crippen molar-refractivity contribution >= 4 is 17.9 Å². The first-order valence-corrected chi connectivity index (χ1v) is 25.6. The fraction of sp³-hybridized carbons (Fsp3) is 0.603. The van der Waals surface area contributed by atoms with Crippen molar-refractivity contribution in [3.8, 4) is 0 Å². The number of rotatable bonds is 44. The SMILES string of the molecule is CC/C=C/C/C=C/C/C=C/C/C=C/C/C=C/CCCCCCCCCC(=O)OC(COCCC(C(=O)[O-])[N+](C)(C)C)COC(=O)CCCCC/C=C/C/C=C/C/C=C/C/C=C/C/C=C/CC. The summed E-state index contributed by atoms with van der Waals surface area (Å²) in [6.45, 7) is 4.37. The molecule has 0 rings (SSSR count). The van der Waals surface area contributed by atoms with Crippen molar-refractivity contribution in [3.63, 3.8) is 0 Å². The second kappa shape index (κ2) is 47.2. The Hall–Kier alpha value is -4.27. The number of quaternary nitrogens is 1. The average Bonchev–Trinajstić information content (AvgIpc) is 3.28. The summed E-state index contributed by atoms with van der Waals surface area (Å²) in [6.07, 6.45) is 66.5. The zero-order chi connectivity index (χ0) is 48.4. The first kappa shape index (κ1) is 61.7. The lowest BCUT2D eigenvalue weighted by Gasteiger charge is -2.34. The Labute approximate surface area is 403 Å².